The van der Waals surface area contributed by atoms with Gasteiger partial charge in [0.25, 0.3) is 0 Å². The van der Waals surface area contributed by atoms with E-state index in [1.165, 1.54) is 225 Å². The zero-order valence-electron chi connectivity index (χ0n) is 44.0. The van der Waals surface area contributed by atoms with Crippen LogP contribution in [0.25, 0.3) is 0 Å². The van der Waals surface area contributed by atoms with Crippen LogP contribution in [0.1, 0.15) is 329 Å². The second kappa shape index (κ2) is 54.8. The van der Waals surface area contributed by atoms with E-state index in [0.717, 1.165) is 64.2 Å². The molecule has 0 aromatic rings. The number of allylic oxidation sites excluding steroid dienone is 2. The van der Waals surface area contributed by atoms with Crippen molar-refractivity contribution in [2.45, 2.75) is 335 Å². The number of hydrogen-bond donors (Lipinski definition) is 0. The molecule has 0 fully saturated rings. The Kier molecular flexibility index (Phi) is 53.2. The number of ether oxygens (including phenoxy) is 3. The van der Waals surface area contributed by atoms with E-state index in [1.54, 1.807) is 0 Å². The van der Waals surface area contributed by atoms with E-state index in [4.69, 9.17) is 14.2 Å². The molecule has 0 aliphatic rings. The van der Waals surface area contributed by atoms with Gasteiger partial charge in [-0.05, 0) is 38.5 Å². The van der Waals surface area contributed by atoms with E-state index < -0.39 is 6.10 Å². The van der Waals surface area contributed by atoms with E-state index in [1.807, 2.05) is 0 Å². The number of rotatable bonds is 54. The SMILES string of the molecule is CCCC/C=C\CCCCCCCC(=O)OC(COC(=O)CCCCCCCCC)COC(=O)CCCCCCCCCCCCCCCCCCCCCCCCCCCCCCC. The quantitative estimate of drug-likeness (QED) is 0.0262. The van der Waals surface area contributed by atoms with Crippen LogP contribution in [-0.2, 0) is 28.6 Å². The molecule has 0 aliphatic carbocycles. The van der Waals surface area contributed by atoms with Crippen molar-refractivity contribution in [3.8, 4) is 0 Å². The normalized spacial score (nSPS) is 12.0. The topological polar surface area (TPSA) is 78.9 Å². The lowest BCUT2D eigenvalue weighted by Crippen LogP contribution is -2.30. The average Bonchev–Trinajstić information content (AvgIpc) is 3.30. The van der Waals surface area contributed by atoms with Gasteiger partial charge in [0.1, 0.15) is 13.2 Å². The number of carbonyl (C=O) groups is 3. The van der Waals surface area contributed by atoms with E-state index >= 15 is 0 Å². The summed E-state index contributed by atoms with van der Waals surface area (Å²) in [5.74, 6) is -0.869. The second-order valence-electron chi connectivity index (χ2n) is 19.9. The zero-order valence-corrected chi connectivity index (χ0v) is 44.0. The Bertz CT molecular complexity index is 1010. The Hall–Kier alpha value is -1.85. The molecule has 0 aliphatic heterocycles. The van der Waals surface area contributed by atoms with E-state index in [2.05, 4.69) is 32.9 Å². The lowest BCUT2D eigenvalue weighted by atomic mass is 10.0. The molecule has 0 radical (unpaired) electrons. The first-order valence-electron chi connectivity index (χ1n) is 29.2. The van der Waals surface area contributed by atoms with Gasteiger partial charge in [-0.1, -0.05) is 283 Å². The highest BCUT2D eigenvalue weighted by Gasteiger charge is 2.19. The standard InChI is InChI=1S/C59H112O6/c1-4-7-10-13-16-18-20-21-22-23-24-25-26-27-28-29-30-31-32-33-34-35-36-37-39-40-43-46-49-52-58(61)64-55-56(54-63-57(60)51-48-45-42-15-12-9-6-3)65-59(62)53-50-47-44-41-38-19-17-14-11-8-5-2/h14,17,56H,4-13,15-16,18-55H2,1-3H3/b17-14-. The zero-order chi connectivity index (χ0) is 47.2. The molecular weight excluding hydrogens is 805 g/mol. The van der Waals surface area contributed by atoms with Gasteiger partial charge in [0.05, 0.1) is 0 Å². The van der Waals surface area contributed by atoms with Crippen LogP contribution in [0, 0.1) is 0 Å². The Morgan fingerprint density at radius 3 is 0.815 bits per heavy atom. The summed E-state index contributed by atoms with van der Waals surface area (Å²) >= 11 is 0. The number of carbonyl (C=O) groups excluding carboxylic acids is 3. The smallest absolute Gasteiger partial charge is 0.306 e. The summed E-state index contributed by atoms with van der Waals surface area (Å²) in [6.45, 7) is 6.59. The molecule has 1 unspecified atom stereocenters. The minimum Gasteiger partial charge on any atom is -0.462 e. The molecule has 0 amide bonds. The summed E-state index contributed by atoms with van der Waals surface area (Å²) < 4.78 is 16.7. The van der Waals surface area contributed by atoms with Crippen molar-refractivity contribution in [1.29, 1.82) is 0 Å². The van der Waals surface area contributed by atoms with Crippen molar-refractivity contribution in [2.75, 3.05) is 13.2 Å². The third-order valence-corrected chi connectivity index (χ3v) is 13.3. The lowest BCUT2D eigenvalue weighted by molar-refractivity contribution is -0.167. The molecule has 1 atom stereocenters. The summed E-state index contributed by atoms with van der Waals surface area (Å²) in [5.41, 5.74) is 0. The molecule has 0 spiro atoms. The van der Waals surface area contributed by atoms with Gasteiger partial charge in [-0.15, -0.1) is 0 Å². The van der Waals surface area contributed by atoms with Gasteiger partial charge < -0.3 is 14.2 Å². The predicted octanol–water partition coefficient (Wildman–Crippen LogP) is 19.3. The van der Waals surface area contributed by atoms with E-state index in [0.29, 0.717) is 19.3 Å². The molecule has 0 aromatic heterocycles. The van der Waals surface area contributed by atoms with Crippen LogP contribution >= 0.6 is 0 Å². The second-order valence-corrected chi connectivity index (χ2v) is 19.9. The summed E-state index contributed by atoms with van der Waals surface area (Å²) in [5, 5.41) is 0. The summed E-state index contributed by atoms with van der Waals surface area (Å²) in [4.78, 5) is 37.8. The summed E-state index contributed by atoms with van der Waals surface area (Å²) in [6.07, 6.45) is 62.6. The maximum absolute atomic E-state index is 12.7. The molecule has 0 rings (SSSR count). The van der Waals surface area contributed by atoms with Crippen LogP contribution in [0.4, 0.5) is 0 Å². The Balaban J connectivity index is 3.93. The largest absolute Gasteiger partial charge is 0.462 e. The van der Waals surface area contributed by atoms with Gasteiger partial charge >= 0.3 is 17.9 Å². The summed E-state index contributed by atoms with van der Waals surface area (Å²) in [6, 6.07) is 0. The first kappa shape index (κ1) is 63.1. The van der Waals surface area contributed by atoms with E-state index in [9.17, 15) is 14.4 Å². The monoisotopic (exact) mass is 917 g/mol. The third-order valence-electron chi connectivity index (χ3n) is 13.3. The molecule has 0 N–H and O–H groups in total. The van der Waals surface area contributed by atoms with Crippen molar-refractivity contribution in [3.63, 3.8) is 0 Å². The highest BCUT2D eigenvalue weighted by molar-refractivity contribution is 5.71. The molecule has 0 saturated carbocycles. The van der Waals surface area contributed by atoms with Crippen molar-refractivity contribution in [2.24, 2.45) is 0 Å². The van der Waals surface area contributed by atoms with Crippen molar-refractivity contribution < 1.29 is 28.6 Å². The molecule has 65 heavy (non-hydrogen) atoms. The Morgan fingerprint density at radius 2 is 0.523 bits per heavy atom. The van der Waals surface area contributed by atoms with Gasteiger partial charge in [-0.2, -0.15) is 0 Å². The first-order valence-corrected chi connectivity index (χ1v) is 29.2. The molecule has 6 heteroatoms. The van der Waals surface area contributed by atoms with Crippen molar-refractivity contribution in [3.05, 3.63) is 12.2 Å². The fraction of sp³-hybridized carbons (Fsp3) is 0.915. The fourth-order valence-electron chi connectivity index (χ4n) is 8.84. The predicted molar refractivity (Wildman–Crippen MR) is 280 cm³/mol. The van der Waals surface area contributed by atoms with Gasteiger partial charge in [0.2, 0.25) is 0 Å². The van der Waals surface area contributed by atoms with Crippen LogP contribution in [0.2, 0.25) is 0 Å². The molecule has 6 nitrogen and oxygen atoms in total. The van der Waals surface area contributed by atoms with Crippen LogP contribution in [-0.4, -0.2) is 37.2 Å². The summed E-state index contributed by atoms with van der Waals surface area (Å²) in [7, 11) is 0. The lowest BCUT2D eigenvalue weighted by Gasteiger charge is -2.18. The molecule has 0 saturated heterocycles. The highest BCUT2D eigenvalue weighted by Crippen LogP contribution is 2.18. The van der Waals surface area contributed by atoms with Crippen molar-refractivity contribution in [1.82, 2.24) is 0 Å². The third kappa shape index (κ3) is 53.0. The molecular formula is C59H112O6. The average molecular weight is 918 g/mol. The maximum atomic E-state index is 12.7. The van der Waals surface area contributed by atoms with Crippen molar-refractivity contribution >= 4 is 17.9 Å². The van der Waals surface area contributed by atoms with Crippen LogP contribution < -0.4 is 0 Å². The van der Waals surface area contributed by atoms with Crippen LogP contribution in [0.3, 0.4) is 0 Å². The fourth-order valence-corrected chi connectivity index (χ4v) is 8.84. The molecule has 0 aromatic carbocycles. The van der Waals surface area contributed by atoms with Crippen LogP contribution in [0.5, 0.6) is 0 Å². The minimum absolute atomic E-state index is 0.0688. The number of hydrogen-bond acceptors (Lipinski definition) is 6. The maximum Gasteiger partial charge on any atom is 0.306 e. The van der Waals surface area contributed by atoms with E-state index in [-0.39, 0.29) is 31.1 Å². The van der Waals surface area contributed by atoms with Gasteiger partial charge in [-0.3, -0.25) is 14.4 Å². The molecule has 0 bridgehead atoms. The number of unbranched alkanes of at least 4 members (excludes halogenated alkanes) is 41. The van der Waals surface area contributed by atoms with Gasteiger partial charge in [0.15, 0.2) is 6.10 Å². The number of esters is 3. The minimum atomic E-state index is -0.766. The Morgan fingerprint density at radius 1 is 0.292 bits per heavy atom. The highest BCUT2D eigenvalue weighted by atomic mass is 16.6. The molecule has 0 heterocycles. The first-order chi connectivity index (χ1) is 32.0. The van der Waals surface area contributed by atoms with Gasteiger partial charge in [-0.25, -0.2) is 0 Å². The Labute approximate surface area is 405 Å². The molecule has 384 valence electrons. The van der Waals surface area contributed by atoms with Crippen LogP contribution in [0.15, 0.2) is 12.2 Å². The van der Waals surface area contributed by atoms with Gasteiger partial charge in [0, 0.05) is 19.3 Å².